The Balaban J connectivity index is 0.000000282. The number of fused-ring (bicyclic) bond motifs is 3. The summed E-state index contributed by atoms with van der Waals surface area (Å²) in [7, 11) is 0. The van der Waals surface area contributed by atoms with Crippen LogP contribution < -0.4 is 87.9 Å². The number of alkyl halides is 3. The van der Waals surface area contributed by atoms with Crippen LogP contribution in [0, 0.1) is 0 Å². The smallest absolute Gasteiger partial charge is 0.239 e. The molecule has 0 aliphatic carbocycles. The first-order valence-corrected chi connectivity index (χ1v) is 17.4. The molecule has 0 saturated carbocycles. The van der Waals surface area contributed by atoms with Crippen molar-refractivity contribution in [3.63, 3.8) is 0 Å². The standard InChI is InChI=1S/3C7H9ClIN3.3HI/c3*8-6-7-11-4-5(3-9)12(7)2-1-10-6;;;/h3*1,5,11H,2-4H2;3*1H. The fourth-order valence-corrected chi connectivity index (χ4v) is 7.95. The van der Waals surface area contributed by atoms with Crippen molar-refractivity contribution in [1.82, 2.24) is 14.7 Å². The van der Waals surface area contributed by atoms with Gasteiger partial charge in [-0.05, 0) is 0 Å². The van der Waals surface area contributed by atoms with Gasteiger partial charge in [-0.25, -0.2) is 15.0 Å². The summed E-state index contributed by atoms with van der Waals surface area (Å²) in [6.45, 7) is 6.06. The zero-order chi connectivity index (χ0) is 25.7. The SMILES string of the molecule is ClC1=C2[NH2+]CC(CI)N2CC=N1.ClC1=C2[NH2+]CC(CI)N2CC=N1.ClC1=C2[NH2+]CC(CI)N2CC=N1.[I-].[I-].[I-]. The molecule has 3 atom stereocenters. The first kappa shape index (κ1) is 39.8. The van der Waals surface area contributed by atoms with E-state index in [0.717, 1.165) is 70.0 Å². The fraction of sp³-hybridized carbons (Fsp3) is 0.571. The van der Waals surface area contributed by atoms with Crippen LogP contribution in [0.1, 0.15) is 0 Å². The van der Waals surface area contributed by atoms with E-state index in [4.69, 9.17) is 34.8 Å². The summed E-state index contributed by atoms with van der Waals surface area (Å²) < 4.78 is 3.45. The first-order valence-electron chi connectivity index (χ1n) is 11.7. The number of nitrogens with two attached hydrogens (primary N) is 3. The van der Waals surface area contributed by atoms with E-state index in [9.17, 15) is 0 Å². The molecule has 0 radical (unpaired) electrons. The lowest BCUT2D eigenvalue weighted by atomic mass is 10.3. The Labute approximate surface area is 337 Å². The summed E-state index contributed by atoms with van der Waals surface area (Å²) in [6, 6.07) is 1.88. The number of aliphatic imine (C=N–C) groups is 3. The molecular formula is C21H30Cl3I6N9. The van der Waals surface area contributed by atoms with Crippen molar-refractivity contribution in [2.45, 2.75) is 18.1 Å². The minimum absolute atomic E-state index is 0. The predicted octanol–water partition coefficient (Wildman–Crippen LogP) is -8.63. The number of hydrogen-bond acceptors (Lipinski definition) is 6. The molecule has 6 heterocycles. The number of halogens is 9. The molecule has 3 unspecified atom stereocenters. The molecule has 6 aliphatic heterocycles. The summed E-state index contributed by atoms with van der Waals surface area (Å²) in [5.41, 5.74) is 0. The molecule has 0 aromatic rings. The van der Waals surface area contributed by atoms with Gasteiger partial charge in [0.15, 0.2) is 0 Å². The van der Waals surface area contributed by atoms with E-state index in [1.807, 2.05) is 18.6 Å². The van der Waals surface area contributed by atoms with E-state index >= 15 is 0 Å². The fourth-order valence-electron chi connectivity index (χ4n) is 4.68. The van der Waals surface area contributed by atoms with Gasteiger partial charge in [0, 0.05) is 31.9 Å². The molecule has 3 fully saturated rings. The van der Waals surface area contributed by atoms with Crippen LogP contribution in [0.15, 0.2) is 47.9 Å². The number of quaternary nitrogens is 3. The molecule has 6 N–H and O–H groups in total. The zero-order valence-corrected chi connectivity index (χ0v) is 35.9. The van der Waals surface area contributed by atoms with Gasteiger partial charge in [0.05, 0.1) is 37.8 Å². The van der Waals surface area contributed by atoms with Crippen molar-refractivity contribution in [1.29, 1.82) is 0 Å². The lowest BCUT2D eigenvalue weighted by Crippen LogP contribution is -3.00. The summed E-state index contributed by atoms with van der Waals surface area (Å²) in [4.78, 5) is 19.2. The summed E-state index contributed by atoms with van der Waals surface area (Å²) in [6.07, 6.45) is 5.64. The van der Waals surface area contributed by atoms with E-state index in [-0.39, 0.29) is 71.9 Å². The van der Waals surface area contributed by atoms with Gasteiger partial charge < -0.3 is 86.6 Å². The summed E-state index contributed by atoms with van der Waals surface area (Å²) in [5, 5.41) is 8.49. The lowest BCUT2D eigenvalue weighted by molar-refractivity contribution is -0.597. The number of nitrogens with zero attached hydrogens (tertiary/aromatic N) is 6. The maximum Gasteiger partial charge on any atom is 0.239 e. The second-order valence-electron chi connectivity index (χ2n) is 8.66. The lowest BCUT2D eigenvalue weighted by Gasteiger charge is -2.21. The van der Waals surface area contributed by atoms with Gasteiger partial charge in [-0.2, -0.15) is 0 Å². The van der Waals surface area contributed by atoms with Crippen LogP contribution in [0.25, 0.3) is 0 Å². The van der Waals surface area contributed by atoms with E-state index in [1.165, 1.54) is 0 Å². The Kier molecular flexibility index (Phi) is 20.4. The van der Waals surface area contributed by atoms with Gasteiger partial charge in [-0.1, -0.05) is 103 Å². The molecule has 0 aromatic heterocycles. The quantitative estimate of drug-likeness (QED) is 0.149. The Hall–Kier alpha value is 2.76. The van der Waals surface area contributed by atoms with Crippen LogP contribution in [0.4, 0.5) is 0 Å². The average Bonchev–Trinajstić information content (AvgIpc) is 3.62. The van der Waals surface area contributed by atoms with Gasteiger partial charge in [0.25, 0.3) is 0 Å². The highest BCUT2D eigenvalue weighted by Crippen LogP contribution is 2.21. The summed E-state index contributed by atoms with van der Waals surface area (Å²) >= 11 is 25.1. The highest BCUT2D eigenvalue weighted by atomic mass is 127. The van der Waals surface area contributed by atoms with Crippen LogP contribution in [0.2, 0.25) is 0 Å². The van der Waals surface area contributed by atoms with E-state index in [1.54, 1.807) is 0 Å². The van der Waals surface area contributed by atoms with Gasteiger partial charge in [-0.15, -0.1) is 0 Å². The van der Waals surface area contributed by atoms with Crippen LogP contribution in [-0.4, -0.2) is 104 Å². The molecule has 39 heavy (non-hydrogen) atoms. The van der Waals surface area contributed by atoms with Crippen molar-refractivity contribution in [2.24, 2.45) is 15.0 Å². The molecule has 0 spiro atoms. The third-order valence-corrected chi connectivity index (χ3v) is 10.5. The molecular weight excluding hydrogens is 1250 g/mol. The topological polar surface area (TPSA) is 96.6 Å². The molecule has 0 bridgehead atoms. The molecule has 6 aliphatic rings. The monoisotopic (exact) mass is 1270 g/mol. The van der Waals surface area contributed by atoms with E-state index in [2.05, 4.69) is 113 Å². The normalized spacial score (nSPS) is 26.0. The summed E-state index contributed by atoms with van der Waals surface area (Å²) in [5.74, 6) is 3.38. The third kappa shape index (κ3) is 10.1. The zero-order valence-electron chi connectivity index (χ0n) is 20.6. The minimum atomic E-state index is 0. The average molecular weight is 1280 g/mol. The van der Waals surface area contributed by atoms with Crippen LogP contribution in [0.3, 0.4) is 0 Å². The van der Waals surface area contributed by atoms with Gasteiger partial charge in [0.1, 0.15) is 19.6 Å². The maximum atomic E-state index is 5.95. The Morgan fingerprint density at radius 1 is 0.590 bits per heavy atom. The molecule has 222 valence electrons. The Bertz CT molecular complexity index is 886. The second-order valence-corrected chi connectivity index (χ2v) is 12.4. The number of hydrogen-bond donors (Lipinski definition) is 3. The van der Waals surface area contributed by atoms with Crippen molar-refractivity contribution in [2.75, 3.05) is 52.6 Å². The van der Waals surface area contributed by atoms with Crippen LogP contribution in [-0.2, 0) is 0 Å². The first-order chi connectivity index (χ1) is 17.5. The van der Waals surface area contributed by atoms with Gasteiger partial charge >= 0.3 is 0 Å². The van der Waals surface area contributed by atoms with Gasteiger partial charge in [-0.3, -0.25) is 16.0 Å². The van der Waals surface area contributed by atoms with E-state index in [0.29, 0.717) is 33.6 Å². The van der Waals surface area contributed by atoms with Crippen molar-refractivity contribution >= 4 is 121 Å². The van der Waals surface area contributed by atoms with Crippen molar-refractivity contribution in [3.8, 4) is 0 Å². The molecule has 9 nitrogen and oxygen atoms in total. The number of rotatable bonds is 3. The van der Waals surface area contributed by atoms with Gasteiger partial charge in [0.2, 0.25) is 32.9 Å². The molecule has 6 rings (SSSR count). The molecule has 0 aromatic carbocycles. The van der Waals surface area contributed by atoms with Crippen molar-refractivity contribution in [3.05, 3.63) is 32.9 Å². The predicted molar refractivity (Wildman–Crippen MR) is 173 cm³/mol. The van der Waals surface area contributed by atoms with E-state index < -0.39 is 0 Å². The second kappa shape index (κ2) is 20.0. The largest absolute Gasteiger partial charge is 1.00 e. The highest BCUT2D eigenvalue weighted by Gasteiger charge is 2.36. The maximum absolute atomic E-state index is 5.95. The van der Waals surface area contributed by atoms with Crippen LogP contribution in [0.5, 0.6) is 0 Å². The Morgan fingerprint density at radius 3 is 1.08 bits per heavy atom. The van der Waals surface area contributed by atoms with Crippen LogP contribution >= 0.6 is 103 Å². The Morgan fingerprint density at radius 2 is 0.846 bits per heavy atom. The molecule has 18 heteroatoms. The molecule has 3 saturated heterocycles. The minimum Gasteiger partial charge on any atom is -1.00 e. The molecule has 0 amide bonds. The third-order valence-electron chi connectivity index (χ3n) is 6.62. The van der Waals surface area contributed by atoms with Crippen molar-refractivity contribution < 1.29 is 87.9 Å². The highest BCUT2D eigenvalue weighted by molar-refractivity contribution is 14.1.